The Morgan fingerprint density at radius 1 is 1.55 bits per heavy atom. The van der Waals surface area contributed by atoms with Crippen molar-refractivity contribution in [3.63, 3.8) is 0 Å². The highest BCUT2D eigenvalue weighted by atomic mass is 32.2. The summed E-state index contributed by atoms with van der Waals surface area (Å²) in [6.07, 6.45) is 0. The van der Waals surface area contributed by atoms with Crippen LogP contribution in [-0.4, -0.2) is 20.5 Å². The first kappa shape index (κ1) is 14.5. The molecule has 0 aliphatic heterocycles. The fourth-order valence-corrected chi connectivity index (χ4v) is 3.24. The number of benzene rings is 1. The Balaban J connectivity index is 1.98. The Morgan fingerprint density at radius 3 is 3.00 bits per heavy atom. The number of nitriles is 1. The molecule has 0 fully saturated rings. The van der Waals surface area contributed by atoms with Crippen molar-refractivity contribution in [2.24, 2.45) is 0 Å². The monoisotopic (exact) mass is 304 g/mol. The first-order chi connectivity index (χ1) is 9.58. The molecule has 102 valence electrons. The van der Waals surface area contributed by atoms with Gasteiger partial charge in [0.1, 0.15) is 5.82 Å². The second-order valence-electron chi connectivity index (χ2n) is 4.05. The lowest BCUT2D eigenvalue weighted by Gasteiger charge is -2.10. The summed E-state index contributed by atoms with van der Waals surface area (Å²) in [4.78, 5) is 16.3. The largest absolute Gasteiger partial charge is 0.325 e. The summed E-state index contributed by atoms with van der Waals surface area (Å²) in [5, 5.41) is 11.3. The average molecular weight is 304 g/mol. The van der Waals surface area contributed by atoms with Crippen molar-refractivity contribution in [1.29, 1.82) is 5.26 Å². The predicted molar refractivity (Wildman–Crippen MR) is 79.8 cm³/mol. The van der Waals surface area contributed by atoms with Crippen molar-refractivity contribution in [3.05, 3.63) is 35.7 Å². The zero-order valence-electron chi connectivity index (χ0n) is 11.0. The van der Waals surface area contributed by atoms with Gasteiger partial charge in [-0.1, -0.05) is 17.8 Å². The molecule has 0 saturated carbocycles. The summed E-state index contributed by atoms with van der Waals surface area (Å²) in [5.41, 5.74) is 1.14. The van der Waals surface area contributed by atoms with Crippen LogP contribution in [0.1, 0.15) is 18.3 Å². The van der Waals surface area contributed by atoms with E-state index in [4.69, 9.17) is 5.26 Å². The van der Waals surface area contributed by atoms with Crippen LogP contribution in [0, 0.1) is 18.3 Å². The molecule has 2 aromatic rings. The number of carbonyl (C=O) groups is 1. The fraction of sp³-hybridized carbons (Fsp3) is 0.231. The number of thioether (sulfide) groups is 1. The lowest BCUT2D eigenvalue weighted by atomic mass is 10.2. The molecule has 1 N–H and O–H groups in total. The third-order valence-corrected chi connectivity index (χ3v) is 4.39. The standard InChI is InChI=1S/C13H12N4OS2/c1-8(19-13-15-9(2)17-20-13)12(18)16-11-5-3-4-10(6-11)7-14/h3-6,8H,1-2H3,(H,16,18). The van der Waals surface area contributed by atoms with Crippen LogP contribution < -0.4 is 5.32 Å². The second-order valence-corrected chi connectivity index (χ2v) is 6.39. The van der Waals surface area contributed by atoms with Gasteiger partial charge in [-0.25, -0.2) is 4.98 Å². The van der Waals surface area contributed by atoms with Crippen LogP contribution in [0.5, 0.6) is 0 Å². The van der Waals surface area contributed by atoms with Gasteiger partial charge in [0, 0.05) is 5.69 Å². The molecular formula is C13H12N4OS2. The van der Waals surface area contributed by atoms with Crippen LogP contribution >= 0.6 is 23.3 Å². The highest BCUT2D eigenvalue weighted by Crippen LogP contribution is 2.25. The van der Waals surface area contributed by atoms with Crippen LogP contribution in [0.25, 0.3) is 0 Å². The Kier molecular flexibility index (Phi) is 4.71. The number of hydrogen-bond donors (Lipinski definition) is 1. The van der Waals surface area contributed by atoms with Gasteiger partial charge in [-0.2, -0.15) is 9.64 Å². The minimum atomic E-state index is -0.284. The van der Waals surface area contributed by atoms with E-state index >= 15 is 0 Å². The highest BCUT2D eigenvalue weighted by molar-refractivity contribution is 8.02. The maximum absolute atomic E-state index is 12.1. The number of aryl methyl sites for hydroxylation is 1. The van der Waals surface area contributed by atoms with Crippen LogP contribution in [0.3, 0.4) is 0 Å². The van der Waals surface area contributed by atoms with Crippen molar-refractivity contribution >= 4 is 34.9 Å². The van der Waals surface area contributed by atoms with E-state index in [-0.39, 0.29) is 11.2 Å². The SMILES string of the molecule is Cc1nsc(SC(C)C(=O)Nc2cccc(C#N)c2)n1. The minimum Gasteiger partial charge on any atom is -0.325 e. The molecule has 1 heterocycles. The number of nitrogens with zero attached hydrogens (tertiary/aromatic N) is 3. The third-order valence-electron chi connectivity index (χ3n) is 2.41. The van der Waals surface area contributed by atoms with Gasteiger partial charge in [-0.05, 0) is 43.6 Å². The van der Waals surface area contributed by atoms with E-state index in [1.54, 1.807) is 24.3 Å². The summed E-state index contributed by atoms with van der Waals surface area (Å²) in [5.74, 6) is 0.588. The summed E-state index contributed by atoms with van der Waals surface area (Å²) in [6, 6.07) is 8.87. The molecule has 0 aliphatic rings. The highest BCUT2D eigenvalue weighted by Gasteiger charge is 2.16. The number of hydrogen-bond acceptors (Lipinski definition) is 6. The molecule has 1 aromatic heterocycles. The molecule has 2 rings (SSSR count). The van der Waals surface area contributed by atoms with E-state index in [0.717, 1.165) is 4.34 Å². The van der Waals surface area contributed by atoms with Gasteiger partial charge < -0.3 is 5.32 Å². The lowest BCUT2D eigenvalue weighted by molar-refractivity contribution is -0.115. The zero-order valence-corrected chi connectivity index (χ0v) is 12.6. The van der Waals surface area contributed by atoms with E-state index in [9.17, 15) is 4.79 Å². The van der Waals surface area contributed by atoms with Crippen LogP contribution in [0.4, 0.5) is 5.69 Å². The smallest absolute Gasteiger partial charge is 0.237 e. The molecule has 0 aliphatic carbocycles. The van der Waals surface area contributed by atoms with E-state index in [0.29, 0.717) is 17.1 Å². The topological polar surface area (TPSA) is 78.7 Å². The normalized spacial score (nSPS) is 11.7. The summed E-state index contributed by atoms with van der Waals surface area (Å²) < 4.78 is 4.85. The molecule has 5 nitrogen and oxygen atoms in total. The molecule has 0 bridgehead atoms. The van der Waals surface area contributed by atoms with Crippen LogP contribution in [0.2, 0.25) is 0 Å². The maximum Gasteiger partial charge on any atom is 0.237 e. The van der Waals surface area contributed by atoms with E-state index in [1.807, 2.05) is 19.9 Å². The van der Waals surface area contributed by atoms with Crippen molar-refractivity contribution < 1.29 is 4.79 Å². The Bertz CT molecular complexity index is 662. The molecular weight excluding hydrogens is 292 g/mol. The molecule has 0 saturated heterocycles. The number of carbonyl (C=O) groups excluding carboxylic acids is 1. The molecule has 1 amide bonds. The molecule has 20 heavy (non-hydrogen) atoms. The number of nitrogens with one attached hydrogen (secondary N) is 1. The van der Waals surface area contributed by atoms with Crippen molar-refractivity contribution in [3.8, 4) is 6.07 Å². The van der Waals surface area contributed by atoms with E-state index in [1.165, 1.54) is 23.3 Å². The van der Waals surface area contributed by atoms with Gasteiger partial charge in [-0.15, -0.1) is 0 Å². The summed E-state index contributed by atoms with van der Waals surface area (Å²) >= 11 is 2.66. The predicted octanol–water partition coefficient (Wildman–Crippen LogP) is 2.84. The quantitative estimate of drug-likeness (QED) is 0.879. The van der Waals surface area contributed by atoms with Gasteiger partial charge in [-0.3, -0.25) is 4.79 Å². The molecule has 0 radical (unpaired) electrons. The minimum absolute atomic E-state index is 0.127. The van der Waals surface area contributed by atoms with Gasteiger partial charge in [0.2, 0.25) is 5.91 Å². The number of anilines is 1. The molecule has 0 spiro atoms. The van der Waals surface area contributed by atoms with Crippen LogP contribution in [-0.2, 0) is 4.79 Å². The van der Waals surface area contributed by atoms with Crippen molar-refractivity contribution in [2.75, 3.05) is 5.32 Å². The molecule has 7 heteroatoms. The third kappa shape index (κ3) is 3.79. The average Bonchev–Trinajstić information content (AvgIpc) is 2.84. The fourth-order valence-electron chi connectivity index (χ4n) is 1.44. The van der Waals surface area contributed by atoms with Gasteiger partial charge in [0.05, 0.1) is 16.9 Å². The summed E-state index contributed by atoms with van der Waals surface area (Å²) in [6.45, 7) is 3.63. The van der Waals surface area contributed by atoms with Crippen LogP contribution in [0.15, 0.2) is 28.6 Å². The summed E-state index contributed by atoms with van der Waals surface area (Å²) in [7, 11) is 0. The first-order valence-corrected chi connectivity index (χ1v) is 7.52. The Labute approximate surface area is 125 Å². The second kappa shape index (κ2) is 6.50. The van der Waals surface area contributed by atoms with E-state index in [2.05, 4.69) is 14.7 Å². The molecule has 1 aromatic carbocycles. The molecule has 1 unspecified atom stereocenters. The van der Waals surface area contributed by atoms with Crippen molar-refractivity contribution in [1.82, 2.24) is 9.36 Å². The van der Waals surface area contributed by atoms with Gasteiger partial charge >= 0.3 is 0 Å². The van der Waals surface area contributed by atoms with Crippen molar-refractivity contribution in [2.45, 2.75) is 23.4 Å². The Hall–Kier alpha value is -1.91. The number of amides is 1. The number of aromatic nitrogens is 2. The lowest BCUT2D eigenvalue weighted by Crippen LogP contribution is -2.22. The maximum atomic E-state index is 12.1. The Morgan fingerprint density at radius 2 is 2.35 bits per heavy atom. The van der Waals surface area contributed by atoms with Gasteiger partial charge in [0.15, 0.2) is 4.34 Å². The zero-order chi connectivity index (χ0) is 14.5. The first-order valence-electron chi connectivity index (χ1n) is 5.86. The molecule has 1 atom stereocenters. The van der Waals surface area contributed by atoms with Gasteiger partial charge in [0.25, 0.3) is 0 Å². The number of rotatable bonds is 4. The van der Waals surface area contributed by atoms with E-state index < -0.39 is 0 Å².